The van der Waals surface area contributed by atoms with Gasteiger partial charge in [0.05, 0.1) is 7.11 Å². The lowest BCUT2D eigenvalue weighted by Gasteiger charge is -2.19. The van der Waals surface area contributed by atoms with Gasteiger partial charge in [0.1, 0.15) is 5.75 Å². The number of benzene rings is 2. The van der Waals surface area contributed by atoms with Gasteiger partial charge in [0.25, 0.3) is 5.91 Å². The van der Waals surface area contributed by atoms with Crippen molar-refractivity contribution in [3.63, 3.8) is 0 Å². The molecule has 2 aromatic carbocycles. The summed E-state index contributed by atoms with van der Waals surface area (Å²) in [7, 11) is 5.47. The largest absolute Gasteiger partial charge is 0.497 e. The van der Waals surface area contributed by atoms with Gasteiger partial charge < -0.3 is 20.1 Å². The normalized spacial score (nSPS) is 11.7. The van der Waals surface area contributed by atoms with Gasteiger partial charge in [-0.15, -0.1) is 0 Å². The number of aryl methyl sites for hydroxylation is 1. The summed E-state index contributed by atoms with van der Waals surface area (Å²) in [6.45, 7) is 2.38. The van der Waals surface area contributed by atoms with E-state index in [1.165, 1.54) is 0 Å². The zero-order valence-corrected chi connectivity index (χ0v) is 14.5. The average molecular weight is 328 g/mol. The monoisotopic (exact) mass is 328 g/mol. The van der Waals surface area contributed by atoms with E-state index >= 15 is 0 Å². The molecule has 1 atom stereocenters. The number of amides is 1. The minimum Gasteiger partial charge on any atom is -0.497 e. The summed E-state index contributed by atoms with van der Waals surface area (Å²) in [4.78, 5) is 14.3. The van der Waals surface area contributed by atoms with Crippen LogP contribution in [0.2, 0.25) is 0 Å². The number of carbonyl (C=O) groups excluding carboxylic acids is 1. The Hall–Kier alpha value is -2.53. The number of ether oxygens (including phenoxy) is 1. The van der Waals surface area contributed by atoms with E-state index < -0.39 is 12.0 Å². The van der Waals surface area contributed by atoms with Gasteiger partial charge in [-0.1, -0.05) is 24.3 Å². The van der Waals surface area contributed by atoms with Gasteiger partial charge >= 0.3 is 0 Å². The molecule has 5 nitrogen and oxygen atoms in total. The highest BCUT2D eigenvalue weighted by atomic mass is 16.5. The van der Waals surface area contributed by atoms with Crippen LogP contribution in [0.5, 0.6) is 5.75 Å². The van der Waals surface area contributed by atoms with Gasteiger partial charge in [-0.25, -0.2) is 0 Å². The van der Waals surface area contributed by atoms with E-state index in [0.717, 1.165) is 16.8 Å². The molecule has 2 aromatic rings. The van der Waals surface area contributed by atoms with Crippen molar-refractivity contribution in [2.45, 2.75) is 19.6 Å². The van der Waals surface area contributed by atoms with Crippen LogP contribution in [0.3, 0.4) is 0 Å². The number of rotatable bonds is 6. The Balaban J connectivity index is 2.07. The number of carbonyl (C=O) groups is 1. The van der Waals surface area contributed by atoms with Crippen LogP contribution in [-0.2, 0) is 11.3 Å². The predicted octanol–water partition coefficient (Wildman–Crippen LogP) is 2.42. The van der Waals surface area contributed by atoms with Crippen LogP contribution in [0.25, 0.3) is 0 Å². The van der Waals surface area contributed by atoms with Crippen LogP contribution in [0, 0.1) is 6.92 Å². The predicted molar refractivity (Wildman–Crippen MR) is 95.3 cm³/mol. The second-order valence-corrected chi connectivity index (χ2v) is 5.92. The van der Waals surface area contributed by atoms with E-state index in [-0.39, 0.29) is 0 Å². The second kappa shape index (κ2) is 7.84. The third kappa shape index (κ3) is 4.26. The minimum atomic E-state index is -1.23. The Kier molecular flexibility index (Phi) is 5.82. The summed E-state index contributed by atoms with van der Waals surface area (Å²) in [6.07, 6.45) is -1.23. The molecule has 0 bridgehead atoms. The quantitative estimate of drug-likeness (QED) is 0.855. The molecule has 2 N–H and O–H groups in total. The van der Waals surface area contributed by atoms with E-state index in [0.29, 0.717) is 17.9 Å². The highest BCUT2D eigenvalue weighted by Gasteiger charge is 2.18. The first-order chi connectivity index (χ1) is 11.4. The Labute approximate surface area is 142 Å². The molecule has 5 heteroatoms. The third-order valence-electron chi connectivity index (χ3n) is 3.83. The average Bonchev–Trinajstić information content (AvgIpc) is 2.59. The number of aliphatic hydroxyl groups is 1. The molecule has 0 aromatic heterocycles. The van der Waals surface area contributed by atoms with Crippen molar-refractivity contribution in [2.24, 2.45) is 0 Å². The van der Waals surface area contributed by atoms with Gasteiger partial charge in [0.2, 0.25) is 0 Å². The SMILES string of the molecule is COc1cccc(C(O)C(=O)NCc2ccc(C)cc2N(C)C)c1. The smallest absolute Gasteiger partial charge is 0.253 e. The van der Waals surface area contributed by atoms with Crippen molar-refractivity contribution in [1.29, 1.82) is 0 Å². The Bertz CT molecular complexity index is 714. The molecule has 1 unspecified atom stereocenters. The molecule has 128 valence electrons. The number of nitrogens with one attached hydrogen (secondary N) is 1. The zero-order valence-electron chi connectivity index (χ0n) is 14.5. The maximum atomic E-state index is 12.2. The van der Waals surface area contributed by atoms with Crippen molar-refractivity contribution in [3.05, 3.63) is 59.2 Å². The van der Waals surface area contributed by atoms with Crippen LogP contribution in [0.15, 0.2) is 42.5 Å². The molecule has 0 aliphatic rings. The molecule has 0 aliphatic carbocycles. The van der Waals surface area contributed by atoms with Crippen LogP contribution < -0.4 is 15.0 Å². The van der Waals surface area contributed by atoms with Gasteiger partial charge in [-0.2, -0.15) is 0 Å². The third-order valence-corrected chi connectivity index (χ3v) is 3.83. The van der Waals surface area contributed by atoms with Crippen LogP contribution >= 0.6 is 0 Å². The fourth-order valence-electron chi connectivity index (χ4n) is 2.48. The molecule has 0 radical (unpaired) electrons. The van der Waals surface area contributed by atoms with Crippen molar-refractivity contribution in [1.82, 2.24) is 5.32 Å². The standard InChI is InChI=1S/C19H24N2O3/c1-13-8-9-15(17(10-13)21(2)3)12-20-19(23)18(22)14-6-5-7-16(11-14)24-4/h5-11,18,22H,12H2,1-4H3,(H,20,23). The molecule has 0 heterocycles. The van der Waals surface area contributed by atoms with Crippen LogP contribution in [0.4, 0.5) is 5.69 Å². The first-order valence-corrected chi connectivity index (χ1v) is 7.79. The minimum absolute atomic E-state index is 0.355. The Morgan fingerprint density at radius 2 is 2.00 bits per heavy atom. The summed E-state index contributed by atoms with van der Waals surface area (Å²) in [6, 6.07) is 12.9. The number of methoxy groups -OCH3 is 1. The summed E-state index contributed by atoms with van der Waals surface area (Å²) in [5.74, 6) is 0.168. The molecule has 0 saturated carbocycles. The van der Waals surface area contributed by atoms with Crippen LogP contribution in [0.1, 0.15) is 22.8 Å². The van der Waals surface area contributed by atoms with Crippen molar-refractivity contribution in [2.75, 3.05) is 26.1 Å². The lowest BCUT2D eigenvalue weighted by molar-refractivity contribution is -0.129. The Morgan fingerprint density at radius 3 is 2.67 bits per heavy atom. The number of nitrogens with zero attached hydrogens (tertiary/aromatic N) is 1. The summed E-state index contributed by atoms with van der Waals surface area (Å²) < 4.78 is 5.12. The molecule has 0 fully saturated rings. The molecule has 0 saturated heterocycles. The molecule has 24 heavy (non-hydrogen) atoms. The van der Waals surface area contributed by atoms with E-state index in [9.17, 15) is 9.90 Å². The highest BCUT2D eigenvalue weighted by molar-refractivity contribution is 5.82. The maximum absolute atomic E-state index is 12.2. The first-order valence-electron chi connectivity index (χ1n) is 7.79. The number of aliphatic hydroxyl groups excluding tert-OH is 1. The molecule has 2 rings (SSSR count). The topological polar surface area (TPSA) is 61.8 Å². The summed E-state index contributed by atoms with van der Waals surface area (Å²) in [5, 5.41) is 13.0. The lowest BCUT2D eigenvalue weighted by Crippen LogP contribution is -2.29. The number of hydrogen-bond donors (Lipinski definition) is 2. The van der Waals surface area contributed by atoms with E-state index in [4.69, 9.17) is 4.74 Å². The number of hydrogen-bond acceptors (Lipinski definition) is 4. The zero-order chi connectivity index (χ0) is 17.7. The molecular formula is C19H24N2O3. The summed E-state index contributed by atoms with van der Waals surface area (Å²) >= 11 is 0. The molecule has 1 amide bonds. The van der Waals surface area contributed by atoms with E-state index in [1.807, 2.05) is 38.1 Å². The molecule has 0 aliphatic heterocycles. The van der Waals surface area contributed by atoms with E-state index in [1.54, 1.807) is 31.4 Å². The Morgan fingerprint density at radius 1 is 1.25 bits per heavy atom. The van der Waals surface area contributed by atoms with Gasteiger partial charge in [0.15, 0.2) is 6.10 Å². The van der Waals surface area contributed by atoms with Gasteiger partial charge in [0, 0.05) is 26.3 Å². The summed E-state index contributed by atoms with van der Waals surface area (Å²) in [5.41, 5.74) is 3.71. The van der Waals surface area contributed by atoms with Crippen molar-refractivity contribution >= 4 is 11.6 Å². The van der Waals surface area contributed by atoms with Crippen LogP contribution in [-0.4, -0.2) is 32.2 Å². The van der Waals surface area contributed by atoms with Crippen molar-refractivity contribution < 1.29 is 14.6 Å². The maximum Gasteiger partial charge on any atom is 0.253 e. The van der Waals surface area contributed by atoms with Crippen molar-refractivity contribution in [3.8, 4) is 5.75 Å². The molecular weight excluding hydrogens is 304 g/mol. The first kappa shape index (κ1) is 17.8. The van der Waals surface area contributed by atoms with Gasteiger partial charge in [-0.05, 0) is 41.8 Å². The van der Waals surface area contributed by atoms with Gasteiger partial charge in [-0.3, -0.25) is 4.79 Å². The second-order valence-electron chi connectivity index (χ2n) is 5.92. The fourth-order valence-corrected chi connectivity index (χ4v) is 2.48. The molecule has 0 spiro atoms. The highest BCUT2D eigenvalue weighted by Crippen LogP contribution is 2.22. The lowest BCUT2D eigenvalue weighted by atomic mass is 10.1. The fraction of sp³-hybridized carbons (Fsp3) is 0.316. The van der Waals surface area contributed by atoms with E-state index in [2.05, 4.69) is 11.4 Å². The number of anilines is 1.